The van der Waals surface area contributed by atoms with E-state index < -0.39 is 4.92 Å². The molecular weight excluding hydrogens is 304 g/mol. The molecule has 0 bridgehead atoms. The zero-order valence-corrected chi connectivity index (χ0v) is 12.7. The fourth-order valence-corrected chi connectivity index (χ4v) is 2.11. The van der Waals surface area contributed by atoms with Crippen LogP contribution >= 0.6 is 0 Å². The third kappa shape index (κ3) is 3.80. The summed E-state index contributed by atoms with van der Waals surface area (Å²) in [5.41, 5.74) is 2.70. The Kier molecular flexibility index (Phi) is 4.57. The normalized spacial score (nSPS) is 10.7. The molecule has 0 spiro atoms. The van der Waals surface area contributed by atoms with Crippen molar-refractivity contribution in [3.05, 3.63) is 89.0 Å². The van der Waals surface area contributed by atoms with E-state index in [9.17, 15) is 10.1 Å². The van der Waals surface area contributed by atoms with Gasteiger partial charge in [0, 0.05) is 17.4 Å². The number of nitrogens with zero attached hydrogens (tertiary/aromatic N) is 3. The predicted octanol–water partition coefficient (Wildman–Crippen LogP) is 5.75. The summed E-state index contributed by atoms with van der Waals surface area (Å²) in [6.07, 6.45) is 0. The van der Waals surface area contributed by atoms with Crippen molar-refractivity contribution in [1.82, 2.24) is 0 Å². The van der Waals surface area contributed by atoms with E-state index in [0.29, 0.717) is 5.69 Å². The van der Waals surface area contributed by atoms with Gasteiger partial charge in [-0.2, -0.15) is 5.11 Å². The molecule has 0 heterocycles. The number of benzene rings is 3. The summed E-state index contributed by atoms with van der Waals surface area (Å²) in [4.78, 5) is 10.5. The van der Waals surface area contributed by atoms with Gasteiger partial charge in [0.1, 0.15) is 0 Å². The van der Waals surface area contributed by atoms with E-state index in [1.165, 1.54) is 6.07 Å². The molecule has 0 aliphatic heterocycles. The van der Waals surface area contributed by atoms with Crippen LogP contribution in [0.25, 0.3) is 0 Å². The zero-order chi connectivity index (χ0) is 16.8. The molecule has 0 aliphatic rings. The highest BCUT2D eigenvalue weighted by Gasteiger charge is 2.11. The Balaban J connectivity index is 1.74. The van der Waals surface area contributed by atoms with Crippen LogP contribution in [0.5, 0.6) is 0 Å². The van der Waals surface area contributed by atoms with Crippen LogP contribution in [0.2, 0.25) is 0 Å². The summed E-state index contributed by atoms with van der Waals surface area (Å²) < 4.78 is 0. The second kappa shape index (κ2) is 7.15. The average molecular weight is 318 g/mol. The lowest BCUT2D eigenvalue weighted by Crippen LogP contribution is -1.88. The third-order valence-electron chi connectivity index (χ3n) is 3.28. The zero-order valence-electron chi connectivity index (χ0n) is 12.7. The summed E-state index contributed by atoms with van der Waals surface area (Å²) in [6.45, 7) is 0. The van der Waals surface area contributed by atoms with E-state index in [0.717, 1.165) is 11.4 Å². The first-order chi connectivity index (χ1) is 11.7. The Morgan fingerprint density at radius 3 is 2.08 bits per heavy atom. The molecule has 0 amide bonds. The fraction of sp³-hybridized carbons (Fsp3) is 0. The molecule has 0 aromatic heterocycles. The Morgan fingerprint density at radius 1 is 0.750 bits per heavy atom. The summed E-state index contributed by atoms with van der Waals surface area (Å²) in [5.74, 6) is 0. The van der Waals surface area contributed by atoms with Crippen LogP contribution in [0, 0.1) is 10.1 Å². The lowest BCUT2D eigenvalue weighted by molar-refractivity contribution is -0.384. The van der Waals surface area contributed by atoms with Crippen molar-refractivity contribution in [2.45, 2.75) is 0 Å². The summed E-state index contributed by atoms with van der Waals surface area (Å²) in [5, 5.41) is 22.2. The first-order valence-electron chi connectivity index (χ1n) is 7.30. The molecule has 6 nitrogen and oxygen atoms in total. The second-order valence-corrected chi connectivity index (χ2v) is 4.98. The molecule has 0 saturated carbocycles. The highest BCUT2D eigenvalue weighted by Crippen LogP contribution is 2.28. The van der Waals surface area contributed by atoms with Gasteiger partial charge < -0.3 is 5.32 Å². The minimum Gasteiger partial charge on any atom is -0.356 e. The van der Waals surface area contributed by atoms with Gasteiger partial charge in [-0.3, -0.25) is 10.1 Å². The van der Waals surface area contributed by atoms with Crippen LogP contribution in [-0.2, 0) is 0 Å². The number of azo groups is 1. The molecule has 0 aliphatic carbocycles. The lowest BCUT2D eigenvalue weighted by Gasteiger charge is -2.05. The number of rotatable bonds is 5. The molecule has 0 unspecified atom stereocenters. The number of nitro benzene ring substituents is 1. The van der Waals surface area contributed by atoms with Crippen molar-refractivity contribution in [3.8, 4) is 0 Å². The first kappa shape index (κ1) is 15.4. The number of para-hydroxylation sites is 2. The Bertz CT molecular complexity index is 862. The van der Waals surface area contributed by atoms with Gasteiger partial charge in [-0.1, -0.05) is 30.3 Å². The van der Waals surface area contributed by atoms with Gasteiger partial charge >= 0.3 is 0 Å². The summed E-state index contributed by atoms with van der Waals surface area (Å²) in [6, 6.07) is 23.4. The molecule has 0 atom stereocenters. The Morgan fingerprint density at radius 2 is 1.38 bits per heavy atom. The van der Waals surface area contributed by atoms with Crippen LogP contribution in [0.15, 0.2) is 89.1 Å². The Hall–Kier alpha value is -3.54. The van der Waals surface area contributed by atoms with E-state index in [1.54, 1.807) is 30.3 Å². The van der Waals surface area contributed by atoms with E-state index in [2.05, 4.69) is 15.5 Å². The lowest BCUT2D eigenvalue weighted by atomic mass is 10.2. The van der Waals surface area contributed by atoms with Crippen molar-refractivity contribution >= 4 is 28.4 Å². The SMILES string of the molecule is O=[N+]([O-])c1ccccc1N=Nc1ccc(Nc2ccccc2)cc1. The van der Waals surface area contributed by atoms with Gasteiger partial charge in [-0.15, -0.1) is 5.11 Å². The Labute approximate surface area is 138 Å². The summed E-state index contributed by atoms with van der Waals surface area (Å²) in [7, 11) is 0. The molecule has 6 heteroatoms. The number of anilines is 2. The minimum absolute atomic E-state index is 0.0661. The van der Waals surface area contributed by atoms with E-state index >= 15 is 0 Å². The summed E-state index contributed by atoms with van der Waals surface area (Å²) >= 11 is 0. The van der Waals surface area contributed by atoms with Crippen molar-refractivity contribution in [2.24, 2.45) is 10.2 Å². The number of hydrogen-bond acceptors (Lipinski definition) is 5. The quantitative estimate of drug-likeness (QED) is 0.369. The number of nitrogens with one attached hydrogen (secondary N) is 1. The number of nitro groups is 1. The average Bonchev–Trinajstić information content (AvgIpc) is 2.62. The van der Waals surface area contributed by atoms with Gasteiger partial charge in [0.2, 0.25) is 0 Å². The van der Waals surface area contributed by atoms with E-state index in [-0.39, 0.29) is 11.4 Å². The molecule has 0 saturated heterocycles. The predicted molar refractivity (Wildman–Crippen MR) is 93.4 cm³/mol. The molecular formula is C18H14N4O2. The van der Waals surface area contributed by atoms with Gasteiger partial charge in [0.25, 0.3) is 5.69 Å². The van der Waals surface area contributed by atoms with Crippen LogP contribution in [-0.4, -0.2) is 4.92 Å². The minimum atomic E-state index is -0.471. The molecule has 0 fully saturated rings. The first-order valence-corrected chi connectivity index (χ1v) is 7.30. The monoisotopic (exact) mass is 318 g/mol. The highest BCUT2D eigenvalue weighted by molar-refractivity contribution is 5.61. The topological polar surface area (TPSA) is 79.9 Å². The maximum absolute atomic E-state index is 10.9. The molecule has 118 valence electrons. The van der Waals surface area contributed by atoms with Crippen molar-refractivity contribution in [3.63, 3.8) is 0 Å². The van der Waals surface area contributed by atoms with Crippen molar-refractivity contribution in [2.75, 3.05) is 5.32 Å². The maximum atomic E-state index is 10.9. The van der Waals surface area contributed by atoms with Gasteiger partial charge in [-0.05, 0) is 42.5 Å². The van der Waals surface area contributed by atoms with Crippen molar-refractivity contribution in [1.29, 1.82) is 0 Å². The van der Waals surface area contributed by atoms with Crippen LogP contribution in [0.1, 0.15) is 0 Å². The van der Waals surface area contributed by atoms with E-state index in [1.807, 2.05) is 42.5 Å². The molecule has 0 radical (unpaired) electrons. The van der Waals surface area contributed by atoms with Crippen LogP contribution in [0.4, 0.5) is 28.4 Å². The third-order valence-corrected chi connectivity index (χ3v) is 3.28. The molecule has 3 aromatic carbocycles. The standard InChI is InChI=1S/C18H14N4O2/c23-22(24)18-9-5-4-8-17(18)21-20-16-12-10-15(11-13-16)19-14-6-2-1-3-7-14/h1-13,19H. The van der Waals surface area contributed by atoms with Crippen LogP contribution in [0.3, 0.4) is 0 Å². The largest absolute Gasteiger partial charge is 0.356 e. The van der Waals surface area contributed by atoms with Gasteiger partial charge in [-0.25, -0.2) is 0 Å². The van der Waals surface area contributed by atoms with E-state index in [4.69, 9.17) is 0 Å². The molecule has 3 aromatic rings. The fourth-order valence-electron chi connectivity index (χ4n) is 2.11. The number of hydrogen-bond donors (Lipinski definition) is 1. The second-order valence-electron chi connectivity index (χ2n) is 4.98. The molecule has 24 heavy (non-hydrogen) atoms. The highest BCUT2D eigenvalue weighted by atomic mass is 16.6. The maximum Gasteiger partial charge on any atom is 0.296 e. The van der Waals surface area contributed by atoms with Crippen molar-refractivity contribution < 1.29 is 4.92 Å². The molecule has 1 N–H and O–H groups in total. The molecule has 3 rings (SSSR count). The van der Waals surface area contributed by atoms with Gasteiger partial charge in [0.15, 0.2) is 5.69 Å². The van der Waals surface area contributed by atoms with Crippen LogP contribution < -0.4 is 5.32 Å². The smallest absolute Gasteiger partial charge is 0.296 e. The van der Waals surface area contributed by atoms with Gasteiger partial charge in [0.05, 0.1) is 10.6 Å².